The highest BCUT2D eigenvalue weighted by molar-refractivity contribution is 6.28. The molecule has 158 valence electrons. The Balaban J connectivity index is 1.60. The molecule has 0 aliphatic carbocycles. The maximum atomic E-state index is 12.5. The summed E-state index contributed by atoms with van der Waals surface area (Å²) in [4.78, 5) is 25.7. The largest absolute Gasteiger partial charge is 0.491 e. The molecular weight excluding hydrogens is 417 g/mol. The smallest absolute Gasteiger partial charge is 0.427 e. The SMILES string of the molecule is O=C(OC1CN(c2nc(Cl)nc3c2ncn3C2CCNCC2)CCO1)C(F)(F)F. The second-order valence-corrected chi connectivity index (χ2v) is 7.11. The lowest BCUT2D eigenvalue weighted by Gasteiger charge is -2.33. The molecule has 2 aromatic heterocycles. The van der Waals surface area contributed by atoms with Crippen molar-refractivity contribution in [1.82, 2.24) is 24.8 Å². The Labute approximate surface area is 168 Å². The fraction of sp³-hybridized carbons (Fsp3) is 0.625. The molecule has 4 heterocycles. The zero-order valence-corrected chi connectivity index (χ0v) is 15.9. The number of ether oxygens (including phenoxy) is 2. The molecule has 9 nitrogen and oxygen atoms in total. The lowest BCUT2D eigenvalue weighted by atomic mass is 10.1. The Morgan fingerprint density at radius 1 is 1.31 bits per heavy atom. The molecule has 2 aromatic rings. The topological polar surface area (TPSA) is 94.4 Å². The van der Waals surface area contributed by atoms with Crippen molar-refractivity contribution in [2.24, 2.45) is 0 Å². The summed E-state index contributed by atoms with van der Waals surface area (Å²) in [5, 5.41) is 3.29. The van der Waals surface area contributed by atoms with Gasteiger partial charge in [-0.3, -0.25) is 0 Å². The second-order valence-electron chi connectivity index (χ2n) is 6.77. The van der Waals surface area contributed by atoms with Gasteiger partial charge >= 0.3 is 12.1 Å². The molecule has 29 heavy (non-hydrogen) atoms. The number of halogens is 4. The maximum Gasteiger partial charge on any atom is 0.491 e. The minimum absolute atomic E-state index is 0.00138. The van der Waals surface area contributed by atoms with Gasteiger partial charge in [0.25, 0.3) is 0 Å². The second kappa shape index (κ2) is 7.92. The zero-order chi connectivity index (χ0) is 20.6. The predicted molar refractivity (Wildman–Crippen MR) is 95.6 cm³/mol. The molecule has 0 aromatic carbocycles. The van der Waals surface area contributed by atoms with Crippen LogP contribution in [-0.4, -0.2) is 70.7 Å². The summed E-state index contributed by atoms with van der Waals surface area (Å²) in [5.74, 6) is -1.94. The number of nitrogens with one attached hydrogen (secondary N) is 1. The zero-order valence-electron chi connectivity index (χ0n) is 15.2. The first kappa shape index (κ1) is 20.1. The third-order valence-electron chi connectivity index (χ3n) is 4.88. The number of nitrogens with zero attached hydrogens (tertiary/aromatic N) is 5. The van der Waals surface area contributed by atoms with E-state index in [1.807, 2.05) is 4.57 Å². The molecule has 0 spiro atoms. The molecule has 13 heteroatoms. The fourth-order valence-corrected chi connectivity index (χ4v) is 3.68. The van der Waals surface area contributed by atoms with Crippen molar-refractivity contribution in [1.29, 1.82) is 0 Å². The molecule has 1 unspecified atom stereocenters. The monoisotopic (exact) mass is 434 g/mol. The number of piperidine rings is 1. The van der Waals surface area contributed by atoms with E-state index in [1.54, 1.807) is 11.2 Å². The summed E-state index contributed by atoms with van der Waals surface area (Å²) < 4.78 is 48.9. The fourth-order valence-electron chi connectivity index (χ4n) is 3.52. The summed E-state index contributed by atoms with van der Waals surface area (Å²) in [7, 11) is 0. The Morgan fingerprint density at radius 3 is 2.79 bits per heavy atom. The molecule has 1 atom stereocenters. The number of esters is 1. The summed E-state index contributed by atoms with van der Waals surface area (Å²) in [6, 6.07) is 0.213. The van der Waals surface area contributed by atoms with Crippen LogP contribution in [0.4, 0.5) is 19.0 Å². The van der Waals surface area contributed by atoms with Crippen molar-refractivity contribution in [3.63, 3.8) is 0 Å². The van der Waals surface area contributed by atoms with Crippen molar-refractivity contribution in [2.75, 3.05) is 37.7 Å². The van der Waals surface area contributed by atoms with Crippen LogP contribution in [0.15, 0.2) is 6.33 Å². The average molecular weight is 435 g/mol. The number of fused-ring (bicyclic) bond motifs is 1. The quantitative estimate of drug-likeness (QED) is 0.576. The van der Waals surface area contributed by atoms with Crippen molar-refractivity contribution in [3.05, 3.63) is 11.6 Å². The van der Waals surface area contributed by atoms with E-state index >= 15 is 0 Å². The van der Waals surface area contributed by atoms with E-state index in [1.165, 1.54) is 0 Å². The first-order chi connectivity index (χ1) is 13.8. The number of carbonyl (C=O) groups is 1. The van der Waals surface area contributed by atoms with Gasteiger partial charge in [0.1, 0.15) is 0 Å². The van der Waals surface area contributed by atoms with Crippen molar-refractivity contribution >= 4 is 34.6 Å². The average Bonchev–Trinajstić information content (AvgIpc) is 3.11. The minimum atomic E-state index is -5.09. The van der Waals surface area contributed by atoms with Gasteiger partial charge in [-0.1, -0.05) is 0 Å². The molecule has 2 aliphatic rings. The van der Waals surface area contributed by atoms with Gasteiger partial charge in [0.05, 0.1) is 19.5 Å². The first-order valence-corrected chi connectivity index (χ1v) is 9.46. The summed E-state index contributed by atoms with van der Waals surface area (Å²) in [6.45, 7) is 2.00. The summed E-state index contributed by atoms with van der Waals surface area (Å²) in [5.41, 5.74) is 1.04. The highest BCUT2D eigenvalue weighted by atomic mass is 35.5. The van der Waals surface area contributed by atoms with Gasteiger partial charge in [-0.25, -0.2) is 9.78 Å². The number of hydrogen-bond donors (Lipinski definition) is 1. The lowest BCUT2D eigenvalue weighted by molar-refractivity contribution is -0.226. The third-order valence-corrected chi connectivity index (χ3v) is 5.05. The van der Waals surface area contributed by atoms with Crippen molar-refractivity contribution in [3.8, 4) is 0 Å². The number of aromatic nitrogens is 4. The van der Waals surface area contributed by atoms with E-state index in [2.05, 4.69) is 25.0 Å². The van der Waals surface area contributed by atoms with E-state index in [9.17, 15) is 18.0 Å². The Bertz CT molecular complexity index is 902. The van der Waals surface area contributed by atoms with Gasteiger partial charge in [0.15, 0.2) is 17.0 Å². The summed E-state index contributed by atoms with van der Waals surface area (Å²) in [6.07, 6.45) is -2.97. The number of morpholine rings is 1. The van der Waals surface area contributed by atoms with Crippen LogP contribution in [0.2, 0.25) is 5.28 Å². The standard InChI is InChI=1S/C16H18ClF3N6O3/c17-15-23-12(25-5-6-28-10(7-25)29-14(27)16(18,19)20)11-13(24-15)26(8-22-11)9-1-3-21-4-2-9/h8-10,21H,1-7H2. The highest BCUT2D eigenvalue weighted by Crippen LogP contribution is 2.30. The summed E-state index contributed by atoms with van der Waals surface area (Å²) >= 11 is 6.12. The van der Waals surface area contributed by atoms with Crippen LogP contribution < -0.4 is 10.2 Å². The number of anilines is 1. The molecule has 1 N–H and O–H groups in total. The van der Waals surface area contributed by atoms with Gasteiger partial charge in [-0.15, -0.1) is 0 Å². The van der Waals surface area contributed by atoms with Gasteiger partial charge in [0.2, 0.25) is 11.6 Å². The van der Waals surface area contributed by atoms with Crippen molar-refractivity contribution in [2.45, 2.75) is 31.3 Å². The Kier molecular flexibility index (Phi) is 5.49. The van der Waals surface area contributed by atoms with Crippen LogP contribution in [0.25, 0.3) is 11.2 Å². The number of rotatable bonds is 3. The maximum absolute atomic E-state index is 12.5. The van der Waals surface area contributed by atoms with Gasteiger partial charge in [-0.2, -0.15) is 23.1 Å². The number of carbonyl (C=O) groups excluding carboxylic acids is 1. The Morgan fingerprint density at radius 2 is 2.07 bits per heavy atom. The van der Waals surface area contributed by atoms with E-state index in [4.69, 9.17) is 16.3 Å². The number of hydrogen-bond acceptors (Lipinski definition) is 8. The van der Waals surface area contributed by atoms with Gasteiger partial charge in [-0.05, 0) is 37.5 Å². The van der Waals surface area contributed by atoms with E-state index in [0.29, 0.717) is 23.5 Å². The van der Waals surface area contributed by atoms with Crippen LogP contribution in [0.3, 0.4) is 0 Å². The molecule has 0 radical (unpaired) electrons. The minimum Gasteiger partial charge on any atom is -0.427 e. The Hall–Kier alpha value is -2.18. The molecule has 0 saturated carbocycles. The molecule has 2 saturated heterocycles. The predicted octanol–water partition coefficient (Wildman–Crippen LogP) is 1.67. The van der Waals surface area contributed by atoms with Crippen LogP contribution in [0.1, 0.15) is 18.9 Å². The van der Waals surface area contributed by atoms with E-state index in [0.717, 1.165) is 25.9 Å². The van der Waals surface area contributed by atoms with E-state index < -0.39 is 18.4 Å². The third kappa shape index (κ3) is 4.23. The van der Waals surface area contributed by atoms with Crippen molar-refractivity contribution < 1.29 is 27.4 Å². The highest BCUT2D eigenvalue weighted by Gasteiger charge is 2.43. The molecule has 0 bridgehead atoms. The first-order valence-electron chi connectivity index (χ1n) is 9.08. The van der Waals surface area contributed by atoms with Gasteiger partial charge in [0, 0.05) is 12.6 Å². The van der Waals surface area contributed by atoms with Crippen LogP contribution >= 0.6 is 11.6 Å². The normalized spacial score (nSPS) is 21.5. The molecule has 0 amide bonds. The molecular formula is C16H18ClF3N6O3. The van der Waals surface area contributed by atoms with Crippen LogP contribution in [-0.2, 0) is 14.3 Å². The lowest BCUT2D eigenvalue weighted by Crippen LogP contribution is -2.46. The van der Waals surface area contributed by atoms with Crippen LogP contribution in [0, 0.1) is 0 Å². The molecule has 4 rings (SSSR count). The molecule has 2 aliphatic heterocycles. The molecule has 2 fully saturated rings. The van der Waals surface area contributed by atoms with E-state index in [-0.39, 0.29) is 24.5 Å². The van der Waals surface area contributed by atoms with Gasteiger partial charge < -0.3 is 24.3 Å². The number of alkyl halides is 3. The van der Waals surface area contributed by atoms with Crippen LogP contribution in [0.5, 0.6) is 0 Å². The number of imidazole rings is 1.